The molecule has 0 saturated carbocycles. The summed E-state index contributed by atoms with van der Waals surface area (Å²) in [6.45, 7) is 1.54. The SMILES string of the molecule is Cc1cc(OCCCC(=O)OCC(=O)NNC(=O)c2cccc([N+](=O)[O-])c2)ccc1Cl. The Bertz CT molecular complexity index is 981. The highest BCUT2D eigenvalue weighted by molar-refractivity contribution is 6.31. The number of hydrogen-bond donors (Lipinski definition) is 2. The van der Waals surface area contributed by atoms with Gasteiger partial charge >= 0.3 is 5.97 Å². The molecule has 0 aromatic heterocycles. The van der Waals surface area contributed by atoms with Gasteiger partial charge in [-0.3, -0.25) is 35.3 Å². The number of rotatable bonds is 9. The first-order valence-electron chi connectivity index (χ1n) is 9.14. The van der Waals surface area contributed by atoms with Crippen LogP contribution in [0.15, 0.2) is 42.5 Å². The minimum Gasteiger partial charge on any atom is -0.494 e. The van der Waals surface area contributed by atoms with Crippen LogP contribution in [0.1, 0.15) is 28.8 Å². The number of nitro groups is 1. The molecule has 10 nitrogen and oxygen atoms in total. The lowest BCUT2D eigenvalue weighted by molar-refractivity contribution is -0.384. The van der Waals surface area contributed by atoms with Crippen LogP contribution in [0, 0.1) is 17.0 Å². The molecule has 2 aromatic rings. The molecule has 0 aliphatic heterocycles. The first-order valence-corrected chi connectivity index (χ1v) is 9.52. The molecule has 31 heavy (non-hydrogen) atoms. The molecular weight excluding hydrogens is 430 g/mol. The van der Waals surface area contributed by atoms with Crippen LogP contribution in [0.3, 0.4) is 0 Å². The van der Waals surface area contributed by atoms with Crippen molar-refractivity contribution in [3.63, 3.8) is 0 Å². The number of esters is 1. The maximum absolute atomic E-state index is 11.9. The number of hydrazine groups is 1. The number of ether oxygens (including phenoxy) is 2. The molecular formula is C20H20ClN3O7. The Morgan fingerprint density at radius 1 is 1.13 bits per heavy atom. The maximum Gasteiger partial charge on any atom is 0.306 e. The molecule has 11 heteroatoms. The summed E-state index contributed by atoms with van der Waals surface area (Å²) in [5, 5.41) is 11.4. The van der Waals surface area contributed by atoms with Gasteiger partial charge in [0.2, 0.25) is 0 Å². The molecule has 2 rings (SSSR count). The van der Waals surface area contributed by atoms with Gasteiger partial charge in [-0.05, 0) is 43.2 Å². The summed E-state index contributed by atoms with van der Waals surface area (Å²) in [5.74, 6) is -1.48. The third-order valence-electron chi connectivity index (χ3n) is 3.92. The topological polar surface area (TPSA) is 137 Å². The van der Waals surface area contributed by atoms with Crippen LogP contribution in [0.25, 0.3) is 0 Å². The number of carbonyl (C=O) groups is 3. The third kappa shape index (κ3) is 7.94. The largest absolute Gasteiger partial charge is 0.494 e. The van der Waals surface area contributed by atoms with E-state index in [1.54, 1.807) is 18.2 Å². The Labute approximate surface area is 182 Å². The summed E-state index contributed by atoms with van der Waals surface area (Å²) in [6.07, 6.45) is 0.422. The van der Waals surface area contributed by atoms with Crippen LogP contribution in [0.2, 0.25) is 5.02 Å². The fourth-order valence-electron chi connectivity index (χ4n) is 2.33. The molecule has 0 heterocycles. The van der Waals surface area contributed by atoms with E-state index in [1.807, 2.05) is 6.92 Å². The summed E-state index contributed by atoms with van der Waals surface area (Å²) in [5.41, 5.74) is 4.75. The lowest BCUT2D eigenvalue weighted by Crippen LogP contribution is -2.43. The van der Waals surface area contributed by atoms with Crippen molar-refractivity contribution in [3.05, 3.63) is 68.7 Å². The van der Waals surface area contributed by atoms with Crippen molar-refractivity contribution in [2.45, 2.75) is 19.8 Å². The van der Waals surface area contributed by atoms with E-state index in [4.69, 9.17) is 21.1 Å². The van der Waals surface area contributed by atoms with Crippen LogP contribution in [-0.4, -0.2) is 35.9 Å². The van der Waals surface area contributed by atoms with Gasteiger partial charge in [0.05, 0.1) is 11.5 Å². The van der Waals surface area contributed by atoms with Crippen molar-refractivity contribution in [2.75, 3.05) is 13.2 Å². The summed E-state index contributed by atoms with van der Waals surface area (Å²) in [6, 6.07) is 10.2. The predicted molar refractivity (Wildman–Crippen MR) is 111 cm³/mol. The molecule has 0 fully saturated rings. The Balaban J connectivity index is 1.63. The highest BCUT2D eigenvalue weighted by Gasteiger charge is 2.13. The van der Waals surface area contributed by atoms with Gasteiger partial charge in [-0.25, -0.2) is 0 Å². The van der Waals surface area contributed by atoms with Crippen molar-refractivity contribution in [2.24, 2.45) is 0 Å². The van der Waals surface area contributed by atoms with Gasteiger partial charge in [-0.2, -0.15) is 0 Å². The molecule has 0 saturated heterocycles. The molecule has 2 aromatic carbocycles. The maximum atomic E-state index is 11.9. The first kappa shape index (κ1) is 23.6. The van der Waals surface area contributed by atoms with Crippen LogP contribution < -0.4 is 15.6 Å². The third-order valence-corrected chi connectivity index (χ3v) is 4.35. The molecule has 0 unspecified atom stereocenters. The molecule has 0 aliphatic carbocycles. The fourth-order valence-corrected chi connectivity index (χ4v) is 2.44. The Morgan fingerprint density at radius 3 is 2.61 bits per heavy atom. The van der Waals surface area contributed by atoms with Crippen molar-refractivity contribution in [1.29, 1.82) is 0 Å². The minimum absolute atomic E-state index is 0.0117. The molecule has 0 bridgehead atoms. The van der Waals surface area contributed by atoms with Crippen LogP contribution >= 0.6 is 11.6 Å². The Hall–Kier alpha value is -3.66. The van der Waals surface area contributed by atoms with Crippen molar-refractivity contribution in [3.8, 4) is 5.75 Å². The minimum atomic E-state index is -0.764. The normalized spacial score (nSPS) is 10.1. The van der Waals surface area contributed by atoms with Gasteiger partial charge in [0.15, 0.2) is 6.61 Å². The summed E-state index contributed by atoms with van der Waals surface area (Å²) < 4.78 is 10.3. The first-order chi connectivity index (χ1) is 14.8. The Kier molecular flexibility index (Phi) is 8.77. The number of nitro benzene ring substituents is 1. The van der Waals surface area contributed by atoms with E-state index >= 15 is 0 Å². The number of hydrogen-bond acceptors (Lipinski definition) is 7. The summed E-state index contributed by atoms with van der Waals surface area (Å²) >= 11 is 5.94. The number of aryl methyl sites for hydroxylation is 1. The van der Waals surface area contributed by atoms with E-state index in [0.29, 0.717) is 17.2 Å². The summed E-state index contributed by atoms with van der Waals surface area (Å²) in [7, 11) is 0. The number of non-ortho nitro benzene ring substituents is 1. The number of nitrogens with one attached hydrogen (secondary N) is 2. The molecule has 0 aliphatic rings. The van der Waals surface area contributed by atoms with Gasteiger partial charge in [-0.1, -0.05) is 17.7 Å². The quantitative estimate of drug-likeness (QED) is 0.260. The highest BCUT2D eigenvalue weighted by atomic mass is 35.5. The lowest BCUT2D eigenvalue weighted by atomic mass is 10.2. The zero-order valence-corrected chi connectivity index (χ0v) is 17.3. The van der Waals surface area contributed by atoms with E-state index in [0.717, 1.165) is 11.6 Å². The molecule has 2 N–H and O–H groups in total. The monoisotopic (exact) mass is 449 g/mol. The van der Waals surface area contributed by atoms with Gasteiger partial charge in [0.1, 0.15) is 5.75 Å². The van der Waals surface area contributed by atoms with Crippen LogP contribution in [0.5, 0.6) is 5.75 Å². The highest BCUT2D eigenvalue weighted by Crippen LogP contribution is 2.21. The zero-order valence-electron chi connectivity index (χ0n) is 16.6. The van der Waals surface area contributed by atoms with E-state index in [1.165, 1.54) is 18.2 Å². The second kappa shape index (κ2) is 11.5. The molecule has 0 atom stereocenters. The van der Waals surface area contributed by atoms with Gasteiger partial charge in [0.25, 0.3) is 17.5 Å². The average molecular weight is 450 g/mol. The van der Waals surface area contributed by atoms with Crippen molar-refractivity contribution >= 4 is 35.1 Å². The second-order valence-electron chi connectivity index (χ2n) is 6.33. The predicted octanol–water partition coefficient (Wildman–Crippen LogP) is 2.72. The number of benzene rings is 2. The summed E-state index contributed by atoms with van der Waals surface area (Å²) in [4.78, 5) is 45.4. The van der Waals surface area contributed by atoms with Crippen molar-refractivity contribution < 1.29 is 28.8 Å². The number of nitrogens with zero attached hydrogens (tertiary/aromatic N) is 1. The standard InChI is InChI=1S/C20H20ClN3O7/c1-13-10-16(7-8-17(13)21)30-9-3-6-19(26)31-12-18(25)22-23-20(27)14-4-2-5-15(11-14)24(28)29/h2,4-5,7-8,10-11H,3,6,9,12H2,1H3,(H,22,25)(H,23,27). The van der Waals surface area contributed by atoms with E-state index < -0.39 is 29.3 Å². The number of amides is 2. The fraction of sp³-hybridized carbons (Fsp3) is 0.250. The smallest absolute Gasteiger partial charge is 0.306 e. The van der Waals surface area contributed by atoms with Gasteiger partial charge in [0, 0.05) is 29.1 Å². The zero-order chi connectivity index (χ0) is 22.8. The molecule has 2 amide bonds. The number of halogens is 1. The van der Waals surface area contributed by atoms with E-state index in [2.05, 4.69) is 10.9 Å². The average Bonchev–Trinajstić information content (AvgIpc) is 2.76. The second-order valence-corrected chi connectivity index (χ2v) is 6.74. The molecule has 0 radical (unpaired) electrons. The van der Waals surface area contributed by atoms with E-state index in [9.17, 15) is 24.5 Å². The lowest BCUT2D eigenvalue weighted by Gasteiger charge is -2.09. The molecule has 164 valence electrons. The van der Waals surface area contributed by atoms with Gasteiger partial charge < -0.3 is 9.47 Å². The van der Waals surface area contributed by atoms with Crippen molar-refractivity contribution in [1.82, 2.24) is 10.9 Å². The van der Waals surface area contributed by atoms with E-state index in [-0.39, 0.29) is 24.3 Å². The number of carbonyl (C=O) groups excluding carboxylic acids is 3. The molecule has 0 spiro atoms. The van der Waals surface area contributed by atoms with Crippen LogP contribution in [0.4, 0.5) is 5.69 Å². The Morgan fingerprint density at radius 2 is 1.90 bits per heavy atom. The van der Waals surface area contributed by atoms with Crippen LogP contribution in [-0.2, 0) is 14.3 Å². The van der Waals surface area contributed by atoms with Gasteiger partial charge in [-0.15, -0.1) is 0 Å².